The predicted molar refractivity (Wildman–Crippen MR) is 59.4 cm³/mol. The van der Waals surface area contributed by atoms with Gasteiger partial charge in [0.05, 0.1) is 8.07 Å². The molecular formula is C11H24Si. The molecule has 12 heavy (non-hydrogen) atoms. The van der Waals surface area contributed by atoms with E-state index in [1.807, 2.05) is 0 Å². The van der Waals surface area contributed by atoms with E-state index in [4.69, 9.17) is 0 Å². The van der Waals surface area contributed by atoms with E-state index in [1.165, 1.54) is 19.3 Å². The molecule has 1 heteroatoms. The highest BCUT2D eigenvalue weighted by atomic mass is 28.3. The largest absolute Gasteiger partial charge is 0.0657 e. The summed E-state index contributed by atoms with van der Waals surface area (Å²) in [5.74, 6) is 0. The van der Waals surface area contributed by atoms with Gasteiger partial charge in [0.1, 0.15) is 0 Å². The zero-order valence-electron chi connectivity index (χ0n) is 8.86. The van der Waals surface area contributed by atoms with Crippen LogP contribution in [0.25, 0.3) is 0 Å². The Bertz CT molecular complexity index is 98.7. The Balaban J connectivity index is 2.44. The highest BCUT2D eigenvalue weighted by Crippen LogP contribution is 2.36. The highest BCUT2D eigenvalue weighted by molar-refractivity contribution is 6.80. The van der Waals surface area contributed by atoms with E-state index in [1.54, 1.807) is 37.0 Å². The van der Waals surface area contributed by atoms with Crippen LogP contribution in [0.4, 0.5) is 0 Å². The molecule has 0 atom stereocenters. The van der Waals surface area contributed by atoms with Gasteiger partial charge in [0, 0.05) is 0 Å². The van der Waals surface area contributed by atoms with Crippen LogP contribution in [0.3, 0.4) is 0 Å². The van der Waals surface area contributed by atoms with Crippen LogP contribution >= 0.6 is 0 Å². The smallest absolute Gasteiger partial charge is 0.0535 e. The van der Waals surface area contributed by atoms with Gasteiger partial charge in [0.25, 0.3) is 0 Å². The lowest BCUT2D eigenvalue weighted by Gasteiger charge is -2.35. The molecule has 1 rings (SSSR count). The van der Waals surface area contributed by atoms with E-state index >= 15 is 0 Å². The van der Waals surface area contributed by atoms with Gasteiger partial charge in [0.15, 0.2) is 0 Å². The van der Waals surface area contributed by atoms with Gasteiger partial charge in [-0.2, -0.15) is 0 Å². The second-order valence-electron chi connectivity index (χ2n) is 4.56. The Hall–Kier alpha value is 0.217. The van der Waals surface area contributed by atoms with E-state index < -0.39 is 8.07 Å². The molecule has 0 bridgehead atoms. The molecule has 0 aromatic rings. The molecule has 0 N–H and O–H groups in total. The summed E-state index contributed by atoms with van der Waals surface area (Å²) in [6, 6.07) is 6.57. The van der Waals surface area contributed by atoms with E-state index in [-0.39, 0.29) is 0 Å². The fourth-order valence-corrected chi connectivity index (χ4v) is 8.61. The first-order chi connectivity index (χ1) is 5.83. The van der Waals surface area contributed by atoms with Crippen LogP contribution in [0.1, 0.15) is 46.0 Å². The van der Waals surface area contributed by atoms with Crippen molar-refractivity contribution in [1.82, 2.24) is 0 Å². The summed E-state index contributed by atoms with van der Waals surface area (Å²) in [5, 5.41) is 0. The summed E-state index contributed by atoms with van der Waals surface area (Å²) in [5.41, 5.74) is 0. The van der Waals surface area contributed by atoms with Crippen molar-refractivity contribution in [3.05, 3.63) is 0 Å². The van der Waals surface area contributed by atoms with Crippen LogP contribution in [0.15, 0.2) is 0 Å². The van der Waals surface area contributed by atoms with E-state index in [9.17, 15) is 0 Å². The molecule has 0 unspecified atom stereocenters. The molecule has 0 radical (unpaired) electrons. The minimum absolute atomic E-state index is 0.683. The maximum absolute atomic E-state index is 2.37. The summed E-state index contributed by atoms with van der Waals surface area (Å²) >= 11 is 0. The second-order valence-corrected chi connectivity index (χ2v) is 9.56. The van der Waals surface area contributed by atoms with Crippen LogP contribution in [0, 0.1) is 0 Å². The van der Waals surface area contributed by atoms with E-state index in [2.05, 4.69) is 13.8 Å². The average Bonchev–Trinajstić information content (AvgIpc) is 2.07. The number of hydrogen-bond acceptors (Lipinski definition) is 0. The summed E-state index contributed by atoms with van der Waals surface area (Å²) in [7, 11) is -0.683. The lowest BCUT2D eigenvalue weighted by atomic mass is 10.3. The molecule has 1 aliphatic heterocycles. The fraction of sp³-hybridized carbons (Fsp3) is 1.00. The first kappa shape index (κ1) is 10.3. The van der Waals surface area contributed by atoms with Gasteiger partial charge in [-0.15, -0.1) is 0 Å². The van der Waals surface area contributed by atoms with Crippen molar-refractivity contribution in [2.24, 2.45) is 0 Å². The minimum Gasteiger partial charge on any atom is -0.0657 e. The second kappa shape index (κ2) is 5.06. The van der Waals surface area contributed by atoms with Crippen molar-refractivity contribution in [3.63, 3.8) is 0 Å². The van der Waals surface area contributed by atoms with E-state index in [0.29, 0.717) is 0 Å². The molecule has 0 aliphatic carbocycles. The number of rotatable bonds is 4. The maximum atomic E-state index is 2.37. The predicted octanol–water partition coefficient (Wildman–Crippen LogP) is 4.44. The molecule has 72 valence electrons. The van der Waals surface area contributed by atoms with Crippen molar-refractivity contribution in [2.45, 2.75) is 70.1 Å². The molecule has 0 amide bonds. The minimum atomic E-state index is -0.683. The van der Waals surface area contributed by atoms with E-state index in [0.717, 1.165) is 0 Å². The van der Waals surface area contributed by atoms with Gasteiger partial charge in [-0.1, -0.05) is 70.1 Å². The zero-order valence-corrected chi connectivity index (χ0v) is 9.86. The third-order valence-electron chi connectivity index (χ3n) is 3.47. The van der Waals surface area contributed by atoms with Gasteiger partial charge in [-0.3, -0.25) is 0 Å². The Morgan fingerprint density at radius 3 is 1.75 bits per heavy atom. The van der Waals surface area contributed by atoms with Gasteiger partial charge < -0.3 is 0 Å². The monoisotopic (exact) mass is 184 g/mol. The number of hydrogen-bond donors (Lipinski definition) is 0. The molecule has 0 aromatic carbocycles. The Kier molecular flexibility index (Phi) is 4.34. The van der Waals surface area contributed by atoms with Crippen LogP contribution in [-0.2, 0) is 0 Å². The van der Waals surface area contributed by atoms with Crippen LogP contribution < -0.4 is 0 Å². The first-order valence-corrected chi connectivity index (χ1v) is 8.66. The molecule has 1 fully saturated rings. The van der Waals surface area contributed by atoms with Crippen LogP contribution in [0.5, 0.6) is 0 Å². The average molecular weight is 184 g/mol. The van der Waals surface area contributed by atoms with Crippen molar-refractivity contribution in [1.29, 1.82) is 0 Å². The molecule has 1 saturated heterocycles. The van der Waals surface area contributed by atoms with Crippen molar-refractivity contribution >= 4 is 8.07 Å². The van der Waals surface area contributed by atoms with Crippen molar-refractivity contribution < 1.29 is 0 Å². The molecular weight excluding hydrogens is 160 g/mol. The van der Waals surface area contributed by atoms with Crippen LogP contribution in [-0.4, -0.2) is 8.07 Å². The summed E-state index contributed by atoms with van der Waals surface area (Å²) in [6.07, 6.45) is 7.55. The van der Waals surface area contributed by atoms with Crippen LogP contribution in [0.2, 0.25) is 24.2 Å². The summed E-state index contributed by atoms with van der Waals surface area (Å²) in [4.78, 5) is 0. The SMILES string of the molecule is CCC[Si]1(CCC)CCCCC1. The molecule has 1 aliphatic rings. The lowest BCUT2D eigenvalue weighted by molar-refractivity contribution is 0.693. The maximum Gasteiger partial charge on any atom is 0.0535 e. The van der Waals surface area contributed by atoms with Gasteiger partial charge in [-0.05, 0) is 0 Å². The summed E-state index contributed by atoms with van der Waals surface area (Å²) in [6.45, 7) is 4.75. The Morgan fingerprint density at radius 2 is 1.33 bits per heavy atom. The van der Waals surface area contributed by atoms with Gasteiger partial charge in [-0.25, -0.2) is 0 Å². The molecule has 0 nitrogen and oxygen atoms in total. The highest BCUT2D eigenvalue weighted by Gasteiger charge is 2.31. The molecule has 1 heterocycles. The third kappa shape index (κ3) is 2.62. The Morgan fingerprint density at radius 1 is 0.833 bits per heavy atom. The third-order valence-corrected chi connectivity index (χ3v) is 9.42. The fourth-order valence-electron chi connectivity index (χ4n) is 2.99. The lowest BCUT2D eigenvalue weighted by Crippen LogP contribution is -2.35. The Labute approximate surface area is 78.8 Å². The zero-order chi connectivity index (χ0) is 8.86. The quantitative estimate of drug-likeness (QED) is 0.567. The van der Waals surface area contributed by atoms with Gasteiger partial charge in [0.2, 0.25) is 0 Å². The molecule has 0 saturated carbocycles. The summed E-state index contributed by atoms with van der Waals surface area (Å²) < 4.78 is 0. The molecule has 0 spiro atoms. The topological polar surface area (TPSA) is 0 Å². The molecule has 0 aromatic heterocycles. The van der Waals surface area contributed by atoms with Gasteiger partial charge >= 0.3 is 0 Å². The van der Waals surface area contributed by atoms with Crippen molar-refractivity contribution in [3.8, 4) is 0 Å². The normalized spacial score (nSPS) is 22.5. The first-order valence-electron chi connectivity index (χ1n) is 5.83. The standard InChI is InChI=1S/C11H24Si/c1-3-8-12(9-4-2)10-6-5-7-11-12/h3-11H2,1-2H3. The van der Waals surface area contributed by atoms with Crippen molar-refractivity contribution in [2.75, 3.05) is 0 Å².